The summed E-state index contributed by atoms with van der Waals surface area (Å²) in [5, 5.41) is 0. The number of aromatic nitrogens is 1. The van der Waals surface area contributed by atoms with Gasteiger partial charge in [-0.05, 0) is 37.0 Å². The van der Waals surface area contributed by atoms with Crippen LogP contribution < -0.4 is 0 Å². The highest BCUT2D eigenvalue weighted by atomic mass is 32.2. The molecule has 6 heteroatoms. The van der Waals surface area contributed by atoms with Gasteiger partial charge in [-0.15, -0.1) is 0 Å². The number of hydrogen-bond donors (Lipinski definition) is 0. The Kier molecular flexibility index (Phi) is 5.12. The van der Waals surface area contributed by atoms with Crippen molar-refractivity contribution >= 4 is 10.2 Å². The van der Waals surface area contributed by atoms with Gasteiger partial charge in [0.15, 0.2) is 0 Å². The lowest BCUT2D eigenvalue weighted by atomic mass is 10.1. The molecule has 112 valence electrons. The van der Waals surface area contributed by atoms with E-state index in [-0.39, 0.29) is 6.04 Å². The lowest BCUT2D eigenvalue weighted by Crippen LogP contribution is -2.41. The van der Waals surface area contributed by atoms with Crippen molar-refractivity contribution in [2.24, 2.45) is 0 Å². The Balaban J connectivity index is 2.18. The quantitative estimate of drug-likeness (QED) is 0.809. The van der Waals surface area contributed by atoms with Crippen LogP contribution in [-0.2, 0) is 10.2 Å². The third kappa shape index (κ3) is 3.19. The number of unbranched alkanes of at least 4 members (excludes halogenated alkanes) is 1. The molecule has 2 rings (SSSR count). The van der Waals surface area contributed by atoms with Gasteiger partial charge in [-0.2, -0.15) is 17.0 Å². The first-order valence-corrected chi connectivity index (χ1v) is 8.60. The summed E-state index contributed by atoms with van der Waals surface area (Å²) in [6, 6.07) is 3.77. The second-order valence-corrected chi connectivity index (χ2v) is 7.22. The summed E-state index contributed by atoms with van der Waals surface area (Å²) in [4.78, 5) is 4.00. The van der Waals surface area contributed by atoms with Gasteiger partial charge in [0.25, 0.3) is 10.2 Å². The Morgan fingerprint density at radius 1 is 1.40 bits per heavy atom. The Labute approximate surface area is 121 Å². The summed E-state index contributed by atoms with van der Waals surface area (Å²) in [6.45, 7) is 3.25. The number of rotatable bonds is 6. The zero-order chi connectivity index (χ0) is 14.6. The average molecular weight is 297 g/mol. The van der Waals surface area contributed by atoms with Crippen molar-refractivity contribution in [3.05, 3.63) is 30.1 Å². The fourth-order valence-electron chi connectivity index (χ4n) is 2.61. The summed E-state index contributed by atoms with van der Waals surface area (Å²) in [5.41, 5.74) is 1.03. The van der Waals surface area contributed by atoms with E-state index < -0.39 is 10.2 Å². The Morgan fingerprint density at radius 3 is 2.75 bits per heavy atom. The molecule has 0 spiro atoms. The molecule has 0 bridgehead atoms. The van der Waals surface area contributed by atoms with E-state index in [0.717, 1.165) is 31.2 Å². The van der Waals surface area contributed by atoms with Gasteiger partial charge in [-0.3, -0.25) is 4.98 Å². The number of pyridine rings is 1. The largest absolute Gasteiger partial charge is 0.282 e. The first-order chi connectivity index (χ1) is 9.57. The average Bonchev–Trinajstić information content (AvgIpc) is 2.95. The van der Waals surface area contributed by atoms with Gasteiger partial charge >= 0.3 is 0 Å². The maximum Gasteiger partial charge on any atom is 0.282 e. The SMILES string of the molecule is CCCCN(C)S(=O)(=O)N1CCC[C@H]1c1ccncc1. The van der Waals surface area contributed by atoms with E-state index in [1.807, 2.05) is 12.1 Å². The number of hydrogen-bond acceptors (Lipinski definition) is 3. The first-order valence-electron chi connectivity index (χ1n) is 7.20. The van der Waals surface area contributed by atoms with Crippen molar-refractivity contribution in [2.45, 2.75) is 38.6 Å². The van der Waals surface area contributed by atoms with Gasteiger partial charge in [0.1, 0.15) is 0 Å². The molecule has 1 atom stereocenters. The van der Waals surface area contributed by atoms with Gasteiger partial charge in [0, 0.05) is 32.5 Å². The summed E-state index contributed by atoms with van der Waals surface area (Å²) >= 11 is 0. The van der Waals surface area contributed by atoms with E-state index in [9.17, 15) is 8.42 Å². The Bertz CT molecular complexity index is 518. The molecule has 1 aromatic rings. The fourth-order valence-corrected chi connectivity index (χ4v) is 4.24. The minimum Gasteiger partial charge on any atom is -0.265 e. The van der Waals surface area contributed by atoms with Crippen LogP contribution in [0, 0.1) is 0 Å². The van der Waals surface area contributed by atoms with Gasteiger partial charge in [0.05, 0.1) is 6.04 Å². The molecular formula is C14H23N3O2S. The summed E-state index contributed by atoms with van der Waals surface area (Å²) in [5.74, 6) is 0. The molecule has 0 amide bonds. The first kappa shape index (κ1) is 15.4. The van der Waals surface area contributed by atoms with E-state index in [1.165, 1.54) is 4.31 Å². The summed E-state index contributed by atoms with van der Waals surface area (Å²) in [6.07, 6.45) is 7.12. The van der Waals surface area contributed by atoms with E-state index >= 15 is 0 Å². The zero-order valence-electron chi connectivity index (χ0n) is 12.2. The molecule has 0 N–H and O–H groups in total. The summed E-state index contributed by atoms with van der Waals surface area (Å²) in [7, 11) is -1.69. The fraction of sp³-hybridized carbons (Fsp3) is 0.643. The van der Waals surface area contributed by atoms with Gasteiger partial charge in [-0.1, -0.05) is 13.3 Å². The molecule has 0 saturated carbocycles. The van der Waals surface area contributed by atoms with Crippen molar-refractivity contribution in [1.82, 2.24) is 13.6 Å². The molecule has 2 heterocycles. The summed E-state index contributed by atoms with van der Waals surface area (Å²) < 4.78 is 28.4. The van der Waals surface area contributed by atoms with E-state index in [0.29, 0.717) is 13.1 Å². The molecule has 1 aliphatic heterocycles. The van der Waals surface area contributed by atoms with Crippen LogP contribution in [0.4, 0.5) is 0 Å². The smallest absolute Gasteiger partial charge is 0.265 e. The van der Waals surface area contributed by atoms with Crippen molar-refractivity contribution in [2.75, 3.05) is 20.1 Å². The second-order valence-electron chi connectivity index (χ2n) is 5.23. The van der Waals surface area contributed by atoms with Crippen LogP contribution in [0.1, 0.15) is 44.2 Å². The van der Waals surface area contributed by atoms with E-state index in [4.69, 9.17) is 0 Å². The predicted molar refractivity (Wildman–Crippen MR) is 79.4 cm³/mol. The van der Waals surface area contributed by atoms with Crippen molar-refractivity contribution in [3.63, 3.8) is 0 Å². The lowest BCUT2D eigenvalue weighted by molar-refractivity contribution is 0.345. The molecule has 1 fully saturated rings. The highest BCUT2D eigenvalue weighted by molar-refractivity contribution is 7.86. The molecule has 20 heavy (non-hydrogen) atoms. The zero-order valence-corrected chi connectivity index (χ0v) is 13.0. The lowest BCUT2D eigenvalue weighted by Gasteiger charge is -2.29. The molecule has 0 aromatic carbocycles. The normalized spacial score (nSPS) is 20.6. The van der Waals surface area contributed by atoms with Gasteiger partial charge in [-0.25, -0.2) is 0 Å². The highest BCUT2D eigenvalue weighted by Crippen LogP contribution is 2.34. The van der Waals surface area contributed by atoms with Gasteiger partial charge in [0.2, 0.25) is 0 Å². The Hall–Kier alpha value is -0.980. The van der Waals surface area contributed by atoms with Crippen LogP contribution in [0.15, 0.2) is 24.5 Å². The van der Waals surface area contributed by atoms with E-state index in [2.05, 4.69) is 11.9 Å². The minimum atomic E-state index is -3.36. The molecule has 0 aliphatic carbocycles. The van der Waals surface area contributed by atoms with Crippen LogP contribution in [0.5, 0.6) is 0 Å². The third-order valence-electron chi connectivity index (χ3n) is 3.81. The molecule has 1 aromatic heterocycles. The van der Waals surface area contributed by atoms with Crippen LogP contribution in [0.3, 0.4) is 0 Å². The van der Waals surface area contributed by atoms with Crippen molar-refractivity contribution in [3.8, 4) is 0 Å². The minimum absolute atomic E-state index is 0.0490. The van der Waals surface area contributed by atoms with Gasteiger partial charge < -0.3 is 0 Å². The van der Waals surface area contributed by atoms with Crippen molar-refractivity contribution < 1.29 is 8.42 Å². The van der Waals surface area contributed by atoms with Crippen molar-refractivity contribution in [1.29, 1.82) is 0 Å². The maximum atomic E-state index is 12.7. The van der Waals surface area contributed by atoms with Crippen LogP contribution in [0.25, 0.3) is 0 Å². The molecule has 1 saturated heterocycles. The second kappa shape index (κ2) is 6.65. The third-order valence-corrected chi connectivity index (χ3v) is 5.81. The van der Waals surface area contributed by atoms with E-state index in [1.54, 1.807) is 23.7 Å². The van der Waals surface area contributed by atoms with Crippen LogP contribution in [-0.4, -0.2) is 42.1 Å². The molecular weight excluding hydrogens is 274 g/mol. The molecule has 5 nitrogen and oxygen atoms in total. The predicted octanol–water partition coefficient (Wildman–Crippen LogP) is 2.20. The van der Waals surface area contributed by atoms with Crippen LogP contribution >= 0.6 is 0 Å². The maximum absolute atomic E-state index is 12.7. The monoisotopic (exact) mass is 297 g/mol. The van der Waals surface area contributed by atoms with Crippen LogP contribution in [0.2, 0.25) is 0 Å². The standard InChI is InChI=1S/C14H23N3O2S/c1-3-4-11-16(2)20(18,19)17-12-5-6-14(17)13-7-9-15-10-8-13/h7-10,14H,3-6,11-12H2,1-2H3/t14-/m0/s1. The number of nitrogens with zero attached hydrogens (tertiary/aromatic N) is 3. The molecule has 0 unspecified atom stereocenters. The molecule has 0 radical (unpaired) electrons. The molecule has 1 aliphatic rings. The topological polar surface area (TPSA) is 53.5 Å². The highest BCUT2D eigenvalue weighted by Gasteiger charge is 2.37. The Morgan fingerprint density at radius 2 is 2.10 bits per heavy atom.